The van der Waals surface area contributed by atoms with Gasteiger partial charge in [0.05, 0.1) is 24.1 Å². The van der Waals surface area contributed by atoms with Crippen LogP contribution in [0.5, 0.6) is 5.75 Å². The van der Waals surface area contributed by atoms with Crippen molar-refractivity contribution in [2.45, 2.75) is 19.3 Å². The molecule has 0 saturated carbocycles. The van der Waals surface area contributed by atoms with Crippen molar-refractivity contribution in [3.63, 3.8) is 0 Å². The van der Waals surface area contributed by atoms with E-state index in [1.54, 1.807) is 6.07 Å². The van der Waals surface area contributed by atoms with Crippen molar-refractivity contribution in [1.29, 1.82) is 0 Å². The Hall–Kier alpha value is -3.38. The summed E-state index contributed by atoms with van der Waals surface area (Å²) in [4.78, 5) is 31.8. The second kappa shape index (κ2) is 9.01. The number of rotatable bonds is 6. The van der Waals surface area contributed by atoms with Crippen LogP contribution in [0.2, 0.25) is 0 Å². The zero-order valence-electron chi connectivity index (χ0n) is 16.4. The fourth-order valence-electron chi connectivity index (χ4n) is 3.14. The number of nitrogens with zero attached hydrogens (tertiary/aromatic N) is 2. The van der Waals surface area contributed by atoms with Crippen LogP contribution in [0.1, 0.15) is 20.9 Å². The van der Waals surface area contributed by atoms with Crippen LogP contribution in [-0.4, -0.2) is 41.2 Å². The molecule has 0 saturated heterocycles. The molecule has 0 atom stereocenters. The molecule has 2 N–H and O–H groups in total. The Balaban J connectivity index is 1.30. The maximum absolute atomic E-state index is 12.3. The molecule has 168 valence electrons. The Morgan fingerprint density at radius 3 is 2.66 bits per heavy atom. The van der Waals surface area contributed by atoms with E-state index in [-0.39, 0.29) is 24.1 Å². The van der Waals surface area contributed by atoms with Crippen LogP contribution in [0.25, 0.3) is 0 Å². The number of alkyl halides is 3. The summed E-state index contributed by atoms with van der Waals surface area (Å²) in [7, 11) is 0. The first kappa shape index (κ1) is 21.8. The van der Waals surface area contributed by atoms with Gasteiger partial charge in [-0.15, -0.1) is 24.5 Å². The number of halogens is 3. The van der Waals surface area contributed by atoms with Gasteiger partial charge in [0.25, 0.3) is 5.91 Å². The van der Waals surface area contributed by atoms with Gasteiger partial charge in [0, 0.05) is 30.1 Å². The number of thiazole rings is 1. The minimum Gasteiger partial charge on any atom is -0.472 e. The number of hydrogen-bond donors (Lipinski definition) is 2. The van der Waals surface area contributed by atoms with Gasteiger partial charge in [0.1, 0.15) is 12.0 Å². The smallest absolute Gasteiger partial charge is 0.472 e. The van der Waals surface area contributed by atoms with E-state index in [9.17, 15) is 22.8 Å². The third-order valence-corrected chi connectivity index (χ3v) is 5.55. The fraction of sp³-hybridized carbons (Fsp3) is 0.250. The predicted molar refractivity (Wildman–Crippen MR) is 110 cm³/mol. The molecule has 0 bridgehead atoms. The summed E-state index contributed by atoms with van der Waals surface area (Å²) in [5, 5.41) is 5.87. The van der Waals surface area contributed by atoms with E-state index in [0.29, 0.717) is 35.9 Å². The standard InChI is InChI=1S/C20H17F3N4O4S/c21-20(22,23)31-14-3-1-13(2-4-14)24-17(28)10-27-7-5-15-16(9-27)32-19(25-15)26-18(29)12-6-8-30-11-12/h1-4,6,8,11H,5,7,9-10H2,(H,24,28)(H,25,26,29). The molecule has 0 unspecified atom stereocenters. The van der Waals surface area contributed by atoms with Gasteiger partial charge in [0.15, 0.2) is 5.13 Å². The molecule has 2 amide bonds. The number of aromatic nitrogens is 1. The molecule has 1 aliphatic rings. The third-order valence-electron chi connectivity index (χ3n) is 4.55. The van der Waals surface area contributed by atoms with Crippen LogP contribution in [0, 0.1) is 0 Å². The number of hydrogen-bond acceptors (Lipinski definition) is 7. The Bertz CT molecular complexity index is 1100. The van der Waals surface area contributed by atoms with Gasteiger partial charge in [0.2, 0.25) is 5.91 Å². The average molecular weight is 466 g/mol. The van der Waals surface area contributed by atoms with Gasteiger partial charge < -0.3 is 14.5 Å². The summed E-state index contributed by atoms with van der Waals surface area (Å²) < 4.78 is 45.4. The molecular weight excluding hydrogens is 449 g/mol. The Morgan fingerprint density at radius 2 is 1.97 bits per heavy atom. The lowest BCUT2D eigenvalue weighted by Gasteiger charge is -2.25. The molecule has 3 heterocycles. The van der Waals surface area contributed by atoms with Gasteiger partial charge >= 0.3 is 6.36 Å². The molecule has 8 nitrogen and oxygen atoms in total. The van der Waals surface area contributed by atoms with Crippen molar-refractivity contribution in [2.24, 2.45) is 0 Å². The summed E-state index contributed by atoms with van der Waals surface area (Å²) in [6, 6.07) is 6.50. The van der Waals surface area contributed by atoms with Crippen LogP contribution in [0.3, 0.4) is 0 Å². The molecule has 0 aliphatic carbocycles. The van der Waals surface area contributed by atoms with E-state index in [2.05, 4.69) is 20.4 Å². The largest absolute Gasteiger partial charge is 0.573 e. The van der Waals surface area contributed by atoms with E-state index >= 15 is 0 Å². The van der Waals surface area contributed by atoms with E-state index in [1.807, 2.05) is 4.90 Å². The maximum atomic E-state index is 12.3. The number of furan rings is 1. The lowest BCUT2D eigenvalue weighted by atomic mass is 10.2. The summed E-state index contributed by atoms with van der Waals surface area (Å²) in [5.41, 5.74) is 1.65. The van der Waals surface area contributed by atoms with Gasteiger partial charge in [-0.3, -0.25) is 19.8 Å². The van der Waals surface area contributed by atoms with Crippen LogP contribution < -0.4 is 15.4 Å². The van der Waals surface area contributed by atoms with Gasteiger partial charge in [-0.25, -0.2) is 4.98 Å². The number of anilines is 2. The molecular formula is C20H17F3N4O4S. The van der Waals surface area contributed by atoms with Crippen LogP contribution >= 0.6 is 11.3 Å². The molecule has 0 radical (unpaired) electrons. The Labute approximate surface area is 184 Å². The molecule has 1 aliphatic heterocycles. The number of benzene rings is 1. The van der Waals surface area contributed by atoms with E-state index in [4.69, 9.17) is 4.42 Å². The quantitative estimate of drug-likeness (QED) is 0.572. The highest BCUT2D eigenvalue weighted by molar-refractivity contribution is 7.15. The summed E-state index contributed by atoms with van der Waals surface area (Å²) in [5.74, 6) is -0.969. The second-order valence-electron chi connectivity index (χ2n) is 6.94. The number of nitrogens with one attached hydrogen (secondary N) is 2. The number of carbonyl (C=O) groups excluding carboxylic acids is 2. The SMILES string of the molecule is O=C(CN1CCc2nc(NC(=O)c3ccoc3)sc2C1)Nc1ccc(OC(F)(F)F)cc1. The normalized spacial score (nSPS) is 14.0. The Kier molecular flexibility index (Phi) is 6.15. The Morgan fingerprint density at radius 1 is 1.19 bits per heavy atom. The predicted octanol–water partition coefficient (Wildman–Crippen LogP) is 3.88. The van der Waals surface area contributed by atoms with Crippen molar-refractivity contribution in [2.75, 3.05) is 23.7 Å². The molecule has 3 aromatic rings. The van der Waals surface area contributed by atoms with Crippen LogP contribution in [0.4, 0.5) is 24.0 Å². The van der Waals surface area contributed by atoms with E-state index in [0.717, 1.165) is 22.7 Å². The lowest BCUT2D eigenvalue weighted by molar-refractivity contribution is -0.274. The fourth-order valence-corrected chi connectivity index (χ4v) is 4.19. The first-order valence-electron chi connectivity index (χ1n) is 9.45. The number of fused-ring (bicyclic) bond motifs is 1. The molecule has 12 heteroatoms. The van der Waals surface area contributed by atoms with Crippen molar-refractivity contribution in [3.8, 4) is 5.75 Å². The highest BCUT2D eigenvalue weighted by Crippen LogP contribution is 2.29. The van der Waals surface area contributed by atoms with Crippen LogP contribution in [-0.2, 0) is 17.8 Å². The van der Waals surface area contributed by atoms with E-state index < -0.39 is 6.36 Å². The number of amides is 2. The highest BCUT2D eigenvalue weighted by atomic mass is 32.1. The lowest BCUT2D eigenvalue weighted by Crippen LogP contribution is -2.36. The monoisotopic (exact) mass is 466 g/mol. The van der Waals surface area contributed by atoms with Crippen LogP contribution in [0.15, 0.2) is 47.3 Å². The summed E-state index contributed by atoms with van der Waals surface area (Å²) in [6.07, 6.45) is -1.38. The average Bonchev–Trinajstić information content (AvgIpc) is 3.37. The number of ether oxygens (including phenoxy) is 1. The third kappa shape index (κ3) is 5.65. The first-order valence-corrected chi connectivity index (χ1v) is 10.3. The van der Waals surface area contributed by atoms with Gasteiger partial charge in [-0.05, 0) is 30.3 Å². The van der Waals surface area contributed by atoms with E-state index in [1.165, 1.54) is 36.0 Å². The van der Waals surface area contributed by atoms with Gasteiger partial charge in [-0.2, -0.15) is 0 Å². The molecule has 0 spiro atoms. The molecule has 0 fully saturated rings. The minimum atomic E-state index is -4.77. The topological polar surface area (TPSA) is 96.7 Å². The zero-order chi connectivity index (χ0) is 22.7. The first-order chi connectivity index (χ1) is 15.2. The van der Waals surface area contributed by atoms with Crippen molar-refractivity contribution < 1.29 is 31.9 Å². The molecule has 1 aromatic carbocycles. The second-order valence-corrected chi connectivity index (χ2v) is 8.02. The minimum absolute atomic E-state index is 0.106. The highest BCUT2D eigenvalue weighted by Gasteiger charge is 2.31. The number of carbonyl (C=O) groups is 2. The molecule has 32 heavy (non-hydrogen) atoms. The van der Waals surface area contributed by atoms with Gasteiger partial charge in [-0.1, -0.05) is 0 Å². The van der Waals surface area contributed by atoms with Crippen molar-refractivity contribution in [3.05, 3.63) is 59.0 Å². The van der Waals surface area contributed by atoms with Crippen molar-refractivity contribution in [1.82, 2.24) is 9.88 Å². The summed E-state index contributed by atoms with van der Waals surface area (Å²) >= 11 is 1.35. The zero-order valence-corrected chi connectivity index (χ0v) is 17.3. The molecule has 4 rings (SSSR count). The molecule has 2 aromatic heterocycles. The van der Waals surface area contributed by atoms with Crippen molar-refractivity contribution >= 4 is 34.0 Å². The maximum Gasteiger partial charge on any atom is 0.573 e. The summed E-state index contributed by atoms with van der Waals surface area (Å²) in [6.45, 7) is 1.22.